The van der Waals surface area contributed by atoms with E-state index in [4.69, 9.17) is 4.52 Å². The van der Waals surface area contributed by atoms with E-state index in [1.807, 2.05) is 18.2 Å². The van der Waals surface area contributed by atoms with Crippen molar-refractivity contribution in [1.29, 1.82) is 0 Å². The molecule has 1 aliphatic rings. The molecule has 3 aromatic rings. The molecule has 2 aromatic heterocycles. The van der Waals surface area contributed by atoms with Gasteiger partial charge in [-0.1, -0.05) is 35.5 Å². The molecule has 6 heteroatoms. The summed E-state index contributed by atoms with van der Waals surface area (Å²) in [6.07, 6.45) is 0.979. The molecule has 1 atom stereocenters. The van der Waals surface area contributed by atoms with Gasteiger partial charge in [0.15, 0.2) is 5.82 Å². The minimum absolute atomic E-state index is 0.0760. The van der Waals surface area contributed by atoms with Crippen LogP contribution in [0.5, 0.6) is 0 Å². The minimum Gasteiger partial charge on any atom is -0.360 e. The lowest BCUT2D eigenvalue weighted by molar-refractivity contribution is -0.117. The van der Waals surface area contributed by atoms with Crippen LogP contribution in [0.2, 0.25) is 0 Å². The highest BCUT2D eigenvalue weighted by atomic mass is 32.1. The second-order valence-corrected chi connectivity index (χ2v) is 7.20. The number of thiophene rings is 1. The number of benzene rings is 1. The Labute approximate surface area is 150 Å². The van der Waals surface area contributed by atoms with E-state index >= 15 is 0 Å². The van der Waals surface area contributed by atoms with Crippen molar-refractivity contribution in [3.8, 4) is 0 Å². The summed E-state index contributed by atoms with van der Waals surface area (Å²) in [5, 5.41) is 8.79. The number of aromatic nitrogens is 1. The van der Waals surface area contributed by atoms with Crippen molar-refractivity contribution in [3.63, 3.8) is 0 Å². The molecule has 0 radical (unpaired) electrons. The predicted molar refractivity (Wildman–Crippen MR) is 97.8 cm³/mol. The van der Waals surface area contributed by atoms with Gasteiger partial charge < -0.3 is 9.84 Å². The summed E-state index contributed by atoms with van der Waals surface area (Å²) in [5.74, 6) is 1.07. The molecule has 128 valence electrons. The topological polar surface area (TPSA) is 58.4 Å². The molecule has 0 unspecified atom stereocenters. The normalized spacial score (nSPS) is 17.2. The summed E-state index contributed by atoms with van der Waals surface area (Å²) in [7, 11) is 0. The smallest absolute Gasteiger partial charge is 0.239 e. The highest BCUT2D eigenvalue weighted by Gasteiger charge is 2.30. The van der Waals surface area contributed by atoms with Gasteiger partial charge in [0.25, 0.3) is 0 Å². The Morgan fingerprint density at radius 1 is 1.36 bits per heavy atom. The molecule has 0 spiro atoms. The molecule has 1 aliphatic heterocycles. The summed E-state index contributed by atoms with van der Waals surface area (Å²) in [4.78, 5) is 16.1. The molecule has 1 aromatic carbocycles. The first-order chi connectivity index (χ1) is 12.2. The van der Waals surface area contributed by atoms with Crippen LogP contribution in [0.25, 0.3) is 0 Å². The molecule has 0 saturated carbocycles. The van der Waals surface area contributed by atoms with Crippen LogP contribution in [-0.4, -0.2) is 29.1 Å². The quantitative estimate of drug-likeness (QED) is 0.778. The maximum Gasteiger partial charge on any atom is 0.239 e. The summed E-state index contributed by atoms with van der Waals surface area (Å²) < 4.78 is 5.00. The Hall–Kier alpha value is -2.44. The molecular formula is C19H19N3O2S. The Kier molecular flexibility index (Phi) is 4.38. The van der Waals surface area contributed by atoms with Crippen LogP contribution >= 0.6 is 11.3 Å². The number of carbonyl (C=O) groups excluding carboxylic acids is 1. The first kappa shape index (κ1) is 16.1. The number of carbonyl (C=O) groups is 1. The van der Waals surface area contributed by atoms with Gasteiger partial charge in [-0.3, -0.25) is 9.69 Å². The average molecular weight is 353 g/mol. The van der Waals surface area contributed by atoms with Crippen molar-refractivity contribution in [1.82, 2.24) is 10.1 Å². The Bertz CT molecular complexity index is 872. The van der Waals surface area contributed by atoms with Crippen LogP contribution in [0.1, 0.15) is 27.8 Å². The zero-order chi connectivity index (χ0) is 17.2. The van der Waals surface area contributed by atoms with Crippen molar-refractivity contribution in [2.24, 2.45) is 0 Å². The Morgan fingerprint density at radius 2 is 2.20 bits per heavy atom. The van der Waals surface area contributed by atoms with E-state index in [0.29, 0.717) is 18.1 Å². The van der Waals surface area contributed by atoms with E-state index in [1.165, 1.54) is 16.0 Å². The summed E-state index contributed by atoms with van der Waals surface area (Å²) in [6.45, 7) is 2.98. The number of amides is 1. The number of anilines is 1. The number of nitrogens with zero attached hydrogens (tertiary/aromatic N) is 2. The standard InChI is InChI=1S/C19H19N3O2S/c1-13-11-17(21-24-13)20-18(23)12-22-9-7-16-15(8-10-25-16)19(22)14-5-3-2-4-6-14/h2-6,8,10-11,19H,7,9,12H2,1H3,(H,20,21,23)/t19-/m0/s1. The fourth-order valence-corrected chi connectivity index (χ4v) is 4.26. The average Bonchev–Trinajstić information content (AvgIpc) is 3.24. The zero-order valence-corrected chi connectivity index (χ0v) is 14.8. The van der Waals surface area contributed by atoms with Gasteiger partial charge >= 0.3 is 0 Å². The maximum atomic E-state index is 12.5. The van der Waals surface area contributed by atoms with Gasteiger partial charge in [0, 0.05) is 17.5 Å². The fraction of sp³-hybridized carbons (Fsp3) is 0.263. The van der Waals surface area contributed by atoms with E-state index in [0.717, 1.165) is 13.0 Å². The first-order valence-electron chi connectivity index (χ1n) is 8.29. The molecule has 0 aliphatic carbocycles. The molecule has 3 heterocycles. The number of hydrogen-bond donors (Lipinski definition) is 1. The predicted octanol–water partition coefficient (Wildman–Crippen LogP) is 3.63. The van der Waals surface area contributed by atoms with Crippen LogP contribution in [0.15, 0.2) is 52.4 Å². The van der Waals surface area contributed by atoms with Gasteiger partial charge in [-0.05, 0) is 35.9 Å². The van der Waals surface area contributed by atoms with Crippen molar-refractivity contribution in [3.05, 3.63) is 69.6 Å². The lowest BCUT2D eigenvalue weighted by Crippen LogP contribution is -2.40. The third-order valence-corrected chi connectivity index (χ3v) is 5.42. The molecule has 0 fully saturated rings. The van der Waals surface area contributed by atoms with Gasteiger partial charge in [0.1, 0.15) is 5.76 Å². The Morgan fingerprint density at radius 3 is 2.96 bits per heavy atom. The zero-order valence-electron chi connectivity index (χ0n) is 13.9. The van der Waals surface area contributed by atoms with Gasteiger partial charge in [-0.2, -0.15) is 0 Å². The number of aryl methyl sites for hydroxylation is 1. The van der Waals surface area contributed by atoms with Crippen LogP contribution < -0.4 is 5.32 Å². The van der Waals surface area contributed by atoms with Crippen molar-refractivity contribution in [2.45, 2.75) is 19.4 Å². The molecule has 0 bridgehead atoms. The summed E-state index contributed by atoms with van der Waals surface area (Å²) in [6, 6.07) is 14.4. The molecule has 1 amide bonds. The van der Waals surface area contributed by atoms with E-state index in [2.05, 4.69) is 39.0 Å². The van der Waals surface area contributed by atoms with Crippen LogP contribution in [0.4, 0.5) is 5.82 Å². The number of hydrogen-bond acceptors (Lipinski definition) is 5. The molecule has 5 nitrogen and oxygen atoms in total. The van der Waals surface area contributed by atoms with Gasteiger partial charge in [-0.15, -0.1) is 11.3 Å². The van der Waals surface area contributed by atoms with E-state index in [9.17, 15) is 4.79 Å². The highest BCUT2D eigenvalue weighted by molar-refractivity contribution is 7.10. The van der Waals surface area contributed by atoms with E-state index < -0.39 is 0 Å². The molecule has 4 rings (SSSR count). The van der Waals surface area contributed by atoms with E-state index in [-0.39, 0.29) is 11.9 Å². The maximum absolute atomic E-state index is 12.5. The molecule has 25 heavy (non-hydrogen) atoms. The van der Waals surface area contributed by atoms with Crippen molar-refractivity contribution in [2.75, 3.05) is 18.4 Å². The number of rotatable bonds is 4. The first-order valence-corrected chi connectivity index (χ1v) is 9.17. The van der Waals surface area contributed by atoms with Gasteiger partial charge in [0.05, 0.1) is 12.6 Å². The largest absolute Gasteiger partial charge is 0.360 e. The molecule has 1 N–H and O–H groups in total. The minimum atomic E-state index is -0.0760. The third kappa shape index (κ3) is 3.36. The summed E-state index contributed by atoms with van der Waals surface area (Å²) >= 11 is 1.80. The van der Waals surface area contributed by atoms with Crippen molar-refractivity contribution >= 4 is 23.1 Å². The third-order valence-electron chi connectivity index (χ3n) is 4.42. The van der Waals surface area contributed by atoms with Gasteiger partial charge in [0.2, 0.25) is 5.91 Å². The summed E-state index contributed by atoms with van der Waals surface area (Å²) in [5.41, 5.74) is 2.53. The van der Waals surface area contributed by atoms with Crippen LogP contribution in [0, 0.1) is 6.92 Å². The Balaban J connectivity index is 1.56. The van der Waals surface area contributed by atoms with Gasteiger partial charge in [-0.25, -0.2) is 0 Å². The van der Waals surface area contributed by atoms with Crippen LogP contribution in [0.3, 0.4) is 0 Å². The van der Waals surface area contributed by atoms with Crippen molar-refractivity contribution < 1.29 is 9.32 Å². The fourth-order valence-electron chi connectivity index (χ4n) is 3.36. The monoisotopic (exact) mass is 353 g/mol. The number of nitrogens with one attached hydrogen (secondary N) is 1. The highest BCUT2D eigenvalue weighted by Crippen LogP contribution is 2.37. The second-order valence-electron chi connectivity index (χ2n) is 6.20. The SMILES string of the molecule is Cc1cc(NC(=O)CN2CCc3sccc3[C@@H]2c2ccccc2)no1. The lowest BCUT2D eigenvalue weighted by atomic mass is 9.93. The molecule has 0 saturated heterocycles. The van der Waals surface area contributed by atoms with E-state index in [1.54, 1.807) is 24.3 Å². The number of fused-ring (bicyclic) bond motifs is 1. The molecular weight excluding hydrogens is 334 g/mol. The van der Waals surface area contributed by atoms with Crippen LogP contribution in [-0.2, 0) is 11.2 Å². The lowest BCUT2D eigenvalue weighted by Gasteiger charge is -2.35. The second kappa shape index (κ2) is 6.82.